The van der Waals surface area contributed by atoms with Crippen LogP contribution in [-0.4, -0.2) is 29.0 Å². The maximum Gasteiger partial charge on any atom is 0.411 e. The fourth-order valence-corrected chi connectivity index (χ4v) is 2.26. The summed E-state index contributed by atoms with van der Waals surface area (Å²) in [4.78, 5) is 13.2. The Morgan fingerprint density at radius 1 is 1.50 bits per heavy atom. The lowest BCUT2D eigenvalue weighted by Gasteiger charge is -2.24. The van der Waals surface area contributed by atoms with E-state index < -0.39 is 0 Å². The van der Waals surface area contributed by atoms with Crippen LogP contribution in [0.1, 0.15) is 12.5 Å². The number of carbonyl (C=O) groups excluding carboxylic acids is 1. The van der Waals surface area contributed by atoms with E-state index in [0.29, 0.717) is 6.61 Å². The summed E-state index contributed by atoms with van der Waals surface area (Å²) in [7, 11) is 0. The Morgan fingerprint density at radius 2 is 2.19 bits per heavy atom. The van der Waals surface area contributed by atoms with E-state index in [2.05, 4.69) is 24.8 Å². The molecular weight excluding hydrogens is 222 g/mol. The summed E-state index contributed by atoms with van der Waals surface area (Å²) < 4.78 is 5.05. The molecule has 16 heavy (non-hydrogen) atoms. The van der Waals surface area contributed by atoms with E-state index >= 15 is 0 Å². The zero-order valence-corrected chi connectivity index (χ0v) is 10.1. The first kappa shape index (κ1) is 11.3. The molecule has 0 aliphatic carbocycles. The topological polar surface area (TPSA) is 29.5 Å². The highest BCUT2D eigenvalue weighted by molar-refractivity contribution is 7.80. The monoisotopic (exact) mass is 237 g/mol. The number of amides is 1. The minimum Gasteiger partial charge on any atom is -0.447 e. The van der Waals surface area contributed by atoms with Crippen LogP contribution in [0.25, 0.3) is 0 Å². The van der Waals surface area contributed by atoms with Gasteiger partial charge in [-0.3, -0.25) is 4.90 Å². The van der Waals surface area contributed by atoms with Crippen LogP contribution in [0, 0.1) is 0 Å². The summed E-state index contributed by atoms with van der Waals surface area (Å²) in [6.07, 6.45) is 0.556. The van der Waals surface area contributed by atoms with E-state index in [-0.39, 0.29) is 17.5 Å². The standard InChI is InChI=1S/C12H15NO2S/c1-9(16)13-11(8-15-12(13)14)7-10-5-3-2-4-6-10/h2-6,9,11,16H,7-8H2,1H3/t9-,11-/m1/s1. The van der Waals surface area contributed by atoms with Crippen LogP contribution in [0.4, 0.5) is 4.79 Å². The predicted molar refractivity (Wildman–Crippen MR) is 65.6 cm³/mol. The van der Waals surface area contributed by atoms with Crippen LogP contribution >= 0.6 is 12.6 Å². The lowest BCUT2D eigenvalue weighted by Crippen LogP contribution is -2.39. The third kappa shape index (κ3) is 2.32. The number of cyclic esters (lactones) is 1. The molecule has 1 saturated heterocycles. The molecule has 1 aliphatic rings. The molecule has 1 aliphatic heterocycles. The highest BCUT2D eigenvalue weighted by atomic mass is 32.1. The van der Waals surface area contributed by atoms with Crippen LogP contribution in [0.2, 0.25) is 0 Å². The van der Waals surface area contributed by atoms with Crippen LogP contribution in [0.3, 0.4) is 0 Å². The molecule has 1 heterocycles. The molecule has 0 radical (unpaired) electrons. The number of hydrogen-bond acceptors (Lipinski definition) is 3. The highest BCUT2D eigenvalue weighted by Gasteiger charge is 2.34. The van der Waals surface area contributed by atoms with Gasteiger partial charge in [0, 0.05) is 0 Å². The van der Waals surface area contributed by atoms with E-state index in [1.165, 1.54) is 5.56 Å². The van der Waals surface area contributed by atoms with Gasteiger partial charge >= 0.3 is 6.09 Å². The van der Waals surface area contributed by atoms with E-state index in [9.17, 15) is 4.79 Å². The number of nitrogens with zero attached hydrogens (tertiary/aromatic N) is 1. The zero-order chi connectivity index (χ0) is 11.5. The first-order valence-corrected chi connectivity index (χ1v) is 5.87. The number of rotatable bonds is 3. The van der Waals surface area contributed by atoms with Gasteiger partial charge in [-0.1, -0.05) is 30.3 Å². The van der Waals surface area contributed by atoms with Gasteiger partial charge in [-0.25, -0.2) is 4.79 Å². The van der Waals surface area contributed by atoms with Crippen LogP contribution in [0.15, 0.2) is 30.3 Å². The van der Waals surface area contributed by atoms with Crippen molar-refractivity contribution in [3.05, 3.63) is 35.9 Å². The minimum atomic E-state index is -0.261. The van der Waals surface area contributed by atoms with Gasteiger partial charge in [-0.15, -0.1) is 0 Å². The summed E-state index contributed by atoms with van der Waals surface area (Å²) >= 11 is 4.30. The summed E-state index contributed by atoms with van der Waals surface area (Å²) in [5.74, 6) is 0. The van der Waals surface area contributed by atoms with E-state index in [4.69, 9.17) is 4.74 Å². The molecule has 0 unspecified atom stereocenters. The second-order valence-electron chi connectivity index (χ2n) is 3.96. The maximum atomic E-state index is 11.5. The van der Waals surface area contributed by atoms with E-state index in [1.807, 2.05) is 25.1 Å². The summed E-state index contributed by atoms with van der Waals surface area (Å²) in [6, 6.07) is 10.2. The van der Waals surface area contributed by atoms with Gasteiger partial charge in [0.15, 0.2) is 0 Å². The lowest BCUT2D eigenvalue weighted by molar-refractivity contribution is 0.156. The van der Waals surface area contributed by atoms with Crippen LogP contribution in [-0.2, 0) is 11.2 Å². The van der Waals surface area contributed by atoms with E-state index in [0.717, 1.165) is 6.42 Å². The third-order valence-corrected chi connectivity index (χ3v) is 2.97. The Balaban J connectivity index is 2.07. The molecule has 1 amide bonds. The number of hydrogen-bond donors (Lipinski definition) is 1. The average molecular weight is 237 g/mol. The molecule has 0 saturated carbocycles. The van der Waals surface area contributed by atoms with Crippen molar-refractivity contribution in [3.8, 4) is 0 Å². The van der Waals surface area contributed by atoms with Crippen molar-refractivity contribution in [1.29, 1.82) is 0 Å². The SMILES string of the molecule is C[C@@H](S)N1C(=O)OC[C@H]1Cc1ccccc1. The highest BCUT2D eigenvalue weighted by Crippen LogP contribution is 2.21. The quantitative estimate of drug-likeness (QED) is 0.818. The average Bonchev–Trinajstić information content (AvgIpc) is 2.61. The molecule has 0 bridgehead atoms. The Kier molecular flexibility index (Phi) is 3.39. The van der Waals surface area contributed by atoms with Crippen molar-refractivity contribution < 1.29 is 9.53 Å². The Labute approximate surface area is 101 Å². The number of carbonyl (C=O) groups is 1. The molecule has 1 aromatic rings. The predicted octanol–water partition coefficient (Wildman–Crippen LogP) is 2.33. The van der Waals surface area contributed by atoms with Gasteiger partial charge in [0.1, 0.15) is 6.61 Å². The number of benzene rings is 1. The summed E-state index contributed by atoms with van der Waals surface area (Å²) in [5.41, 5.74) is 1.21. The normalized spacial score (nSPS) is 22.0. The largest absolute Gasteiger partial charge is 0.447 e. The van der Waals surface area contributed by atoms with Gasteiger partial charge in [0.2, 0.25) is 0 Å². The van der Waals surface area contributed by atoms with Gasteiger partial charge in [-0.2, -0.15) is 12.6 Å². The Morgan fingerprint density at radius 3 is 2.81 bits per heavy atom. The first-order valence-electron chi connectivity index (χ1n) is 5.35. The fraction of sp³-hybridized carbons (Fsp3) is 0.417. The summed E-state index contributed by atoms with van der Waals surface area (Å²) in [6.45, 7) is 2.34. The Bertz CT molecular complexity index is 367. The fourth-order valence-electron chi connectivity index (χ4n) is 1.97. The second kappa shape index (κ2) is 4.78. The van der Waals surface area contributed by atoms with Gasteiger partial charge in [-0.05, 0) is 18.9 Å². The van der Waals surface area contributed by atoms with Gasteiger partial charge < -0.3 is 4.74 Å². The molecule has 2 atom stereocenters. The number of ether oxygens (including phenoxy) is 1. The van der Waals surface area contributed by atoms with Gasteiger partial charge in [0.05, 0.1) is 11.4 Å². The van der Waals surface area contributed by atoms with Crippen molar-refractivity contribution in [2.24, 2.45) is 0 Å². The van der Waals surface area contributed by atoms with Gasteiger partial charge in [0.25, 0.3) is 0 Å². The summed E-state index contributed by atoms with van der Waals surface area (Å²) in [5, 5.41) is -0.108. The molecule has 1 fully saturated rings. The molecule has 0 spiro atoms. The number of thiol groups is 1. The third-order valence-electron chi connectivity index (χ3n) is 2.72. The molecular formula is C12H15NO2S. The van der Waals surface area contributed by atoms with Crippen molar-refractivity contribution in [1.82, 2.24) is 4.90 Å². The van der Waals surface area contributed by atoms with Crippen LogP contribution < -0.4 is 0 Å². The van der Waals surface area contributed by atoms with E-state index in [1.54, 1.807) is 4.90 Å². The molecule has 1 aromatic carbocycles. The van der Waals surface area contributed by atoms with Crippen LogP contribution in [0.5, 0.6) is 0 Å². The molecule has 86 valence electrons. The van der Waals surface area contributed by atoms with Crippen molar-refractivity contribution in [3.63, 3.8) is 0 Å². The molecule has 0 aromatic heterocycles. The van der Waals surface area contributed by atoms with Crippen molar-refractivity contribution in [2.75, 3.05) is 6.61 Å². The zero-order valence-electron chi connectivity index (χ0n) is 9.17. The molecule has 2 rings (SSSR count). The smallest absolute Gasteiger partial charge is 0.411 e. The van der Waals surface area contributed by atoms with Crippen molar-refractivity contribution in [2.45, 2.75) is 24.8 Å². The molecule has 3 nitrogen and oxygen atoms in total. The lowest BCUT2D eigenvalue weighted by atomic mass is 10.1. The molecule has 0 N–H and O–H groups in total. The first-order chi connectivity index (χ1) is 7.68. The molecule has 4 heteroatoms. The maximum absolute atomic E-state index is 11.5. The second-order valence-corrected chi connectivity index (χ2v) is 4.71. The minimum absolute atomic E-state index is 0.0994. The Hall–Kier alpha value is -1.16. The van der Waals surface area contributed by atoms with Crippen molar-refractivity contribution >= 4 is 18.7 Å².